The molecule has 0 bridgehead atoms. The average Bonchev–Trinajstić information content (AvgIpc) is 3.04. The third-order valence-electron chi connectivity index (χ3n) is 3.50. The lowest BCUT2D eigenvalue weighted by Crippen LogP contribution is -2.20. The van der Waals surface area contributed by atoms with Crippen molar-refractivity contribution in [2.24, 2.45) is 5.10 Å². The topological polar surface area (TPSA) is 59.9 Å². The van der Waals surface area contributed by atoms with Gasteiger partial charge in [0.05, 0.1) is 10.7 Å². The molecule has 1 aliphatic heterocycles. The number of nitrogens with one attached hydrogen (secondary N) is 1. The summed E-state index contributed by atoms with van der Waals surface area (Å²) in [5.74, 6) is 0.824. The summed E-state index contributed by atoms with van der Waals surface area (Å²) in [5, 5.41) is 5.22. The molecule has 0 saturated heterocycles. The van der Waals surface area contributed by atoms with Gasteiger partial charge < -0.3 is 9.47 Å². The second-order valence-corrected chi connectivity index (χ2v) is 5.89. The van der Waals surface area contributed by atoms with E-state index in [0.717, 1.165) is 5.56 Å². The molecule has 0 unspecified atom stereocenters. The summed E-state index contributed by atoms with van der Waals surface area (Å²) in [6, 6.07) is 10.1. The standard InChI is InChI=1S/C17H14Cl2N2O3/c1-2-14(12-5-4-11(18)8-13(12)19)20-21-17(22)10-3-6-15-16(7-10)24-9-23-15/h3-8H,2,9H2,1H3,(H,21,22)/b20-14-. The van der Waals surface area contributed by atoms with Crippen LogP contribution < -0.4 is 14.9 Å². The summed E-state index contributed by atoms with van der Waals surface area (Å²) < 4.78 is 10.5. The fourth-order valence-corrected chi connectivity index (χ4v) is 2.79. The number of rotatable bonds is 4. The number of carbonyl (C=O) groups excluding carboxylic acids is 1. The van der Waals surface area contributed by atoms with Crippen LogP contribution in [0.25, 0.3) is 0 Å². The van der Waals surface area contributed by atoms with Crippen LogP contribution in [0.5, 0.6) is 11.5 Å². The van der Waals surface area contributed by atoms with Gasteiger partial charge in [-0.05, 0) is 36.8 Å². The van der Waals surface area contributed by atoms with E-state index in [-0.39, 0.29) is 12.7 Å². The molecule has 24 heavy (non-hydrogen) atoms. The molecule has 2 aromatic rings. The number of carbonyl (C=O) groups is 1. The Kier molecular flexibility index (Phi) is 4.92. The summed E-state index contributed by atoms with van der Waals surface area (Å²) in [6.45, 7) is 2.09. The lowest BCUT2D eigenvalue weighted by atomic mass is 10.1. The number of amides is 1. The van der Waals surface area contributed by atoms with E-state index in [1.807, 2.05) is 6.92 Å². The maximum absolute atomic E-state index is 12.3. The number of hydrogen-bond donors (Lipinski definition) is 1. The minimum Gasteiger partial charge on any atom is -0.454 e. The van der Waals surface area contributed by atoms with Crippen molar-refractivity contribution in [3.8, 4) is 11.5 Å². The van der Waals surface area contributed by atoms with Crippen LogP contribution in [0.4, 0.5) is 0 Å². The van der Waals surface area contributed by atoms with E-state index in [9.17, 15) is 4.79 Å². The molecule has 0 spiro atoms. The van der Waals surface area contributed by atoms with E-state index < -0.39 is 0 Å². The van der Waals surface area contributed by atoms with Crippen molar-refractivity contribution in [2.75, 3.05) is 6.79 Å². The predicted molar refractivity (Wildman–Crippen MR) is 93.3 cm³/mol. The molecule has 1 aliphatic rings. The highest BCUT2D eigenvalue weighted by atomic mass is 35.5. The highest BCUT2D eigenvalue weighted by molar-refractivity contribution is 6.37. The van der Waals surface area contributed by atoms with E-state index in [0.29, 0.717) is 39.2 Å². The fraction of sp³-hybridized carbons (Fsp3) is 0.176. The van der Waals surface area contributed by atoms with Gasteiger partial charge in [0, 0.05) is 16.1 Å². The van der Waals surface area contributed by atoms with Gasteiger partial charge in [-0.15, -0.1) is 0 Å². The minimum absolute atomic E-state index is 0.160. The molecule has 3 rings (SSSR count). The van der Waals surface area contributed by atoms with Gasteiger partial charge in [-0.3, -0.25) is 4.79 Å². The van der Waals surface area contributed by atoms with Gasteiger partial charge in [-0.25, -0.2) is 5.43 Å². The molecule has 0 saturated carbocycles. The van der Waals surface area contributed by atoms with Crippen LogP contribution in [0.3, 0.4) is 0 Å². The van der Waals surface area contributed by atoms with Gasteiger partial charge in [0.25, 0.3) is 5.91 Å². The summed E-state index contributed by atoms with van der Waals surface area (Å²) >= 11 is 12.1. The first-order valence-corrected chi connectivity index (χ1v) is 8.06. The zero-order valence-corrected chi connectivity index (χ0v) is 14.3. The summed E-state index contributed by atoms with van der Waals surface area (Å²) in [6.07, 6.45) is 0.600. The molecule has 1 amide bonds. The molecule has 2 aromatic carbocycles. The largest absolute Gasteiger partial charge is 0.454 e. The Morgan fingerprint density at radius 3 is 2.71 bits per heavy atom. The third kappa shape index (κ3) is 3.47. The number of halogens is 2. The van der Waals surface area contributed by atoms with Gasteiger partial charge in [-0.2, -0.15) is 5.10 Å². The van der Waals surface area contributed by atoms with Gasteiger partial charge in [0.2, 0.25) is 6.79 Å². The van der Waals surface area contributed by atoms with Crippen LogP contribution in [0, 0.1) is 0 Å². The minimum atomic E-state index is -0.343. The second kappa shape index (κ2) is 7.11. The van der Waals surface area contributed by atoms with Gasteiger partial charge in [0.15, 0.2) is 11.5 Å². The summed E-state index contributed by atoms with van der Waals surface area (Å²) in [7, 11) is 0. The number of nitrogens with zero attached hydrogens (tertiary/aromatic N) is 1. The Hall–Kier alpha value is -2.24. The Morgan fingerprint density at radius 2 is 1.96 bits per heavy atom. The fourth-order valence-electron chi connectivity index (χ4n) is 2.27. The zero-order chi connectivity index (χ0) is 17.1. The molecule has 0 aromatic heterocycles. The van der Waals surface area contributed by atoms with E-state index in [2.05, 4.69) is 10.5 Å². The Balaban J connectivity index is 1.78. The van der Waals surface area contributed by atoms with Crippen molar-refractivity contribution in [2.45, 2.75) is 13.3 Å². The number of hydrazone groups is 1. The van der Waals surface area contributed by atoms with Crippen molar-refractivity contribution in [3.05, 3.63) is 57.6 Å². The van der Waals surface area contributed by atoms with Gasteiger partial charge in [-0.1, -0.05) is 36.2 Å². The molecular weight excluding hydrogens is 351 g/mol. The predicted octanol–water partition coefficient (Wildman–Crippen LogP) is 4.27. The first-order valence-electron chi connectivity index (χ1n) is 7.30. The second-order valence-electron chi connectivity index (χ2n) is 5.05. The van der Waals surface area contributed by atoms with Crippen molar-refractivity contribution < 1.29 is 14.3 Å². The van der Waals surface area contributed by atoms with Crippen LogP contribution in [-0.4, -0.2) is 18.4 Å². The quantitative estimate of drug-likeness (QED) is 0.650. The number of fused-ring (bicyclic) bond motifs is 1. The van der Waals surface area contributed by atoms with E-state index >= 15 is 0 Å². The molecule has 1 N–H and O–H groups in total. The van der Waals surface area contributed by atoms with Crippen LogP contribution in [0.15, 0.2) is 41.5 Å². The van der Waals surface area contributed by atoms with Crippen LogP contribution in [0.2, 0.25) is 10.0 Å². The Bertz CT molecular complexity index is 821. The maximum Gasteiger partial charge on any atom is 0.271 e. The number of hydrogen-bond acceptors (Lipinski definition) is 4. The smallest absolute Gasteiger partial charge is 0.271 e. The molecule has 5 nitrogen and oxygen atoms in total. The SMILES string of the molecule is CC/C(=N/NC(=O)c1ccc2c(c1)OCO2)c1ccc(Cl)cc1Cl. The first-order chi connectivity index (χ1) is 11.6. The first kappa shape index (κ1) is 16.6. The Morgan fingerprint density at radius 1 is 1.17 bits per heavy atom. The lowest BCUT2D eigenvalue weighted by molar-refractivity contribution is 0.0954. The summed E-state index contributed by atoms with van der Waals surface area (Å²) in [4.78, 5) is 12.3. The van der Waals surface area contributed by atoms with E-state index in [1.54, 1.807) is 36.4 Å². The number of ether oxygens (including phenoxy) is 2. The maximum atomic E-state index is 12.3. The van der Waals surface area contributed by atoms with Crippen LogP contribution in [0.1, 0.15) is 29.3 Å². The van der Waals surface area contributed by atoms with Gasteiger partial charge >= 0.3 is 0 Å². The van der Waals surface area contributed by atoms with E-state index in [1.165, 1.54) is 0 Å². The van der Waals surface area contributed by atoms with Crippen LogP contribution in [-0.2, 0) is 0 Å². The summed E-state index contributed by atoms with van der Waals surface area (Å²) in [5.41, 5.74) is 4.36. The molecule has 0 aliphatic carbocycles. The third-order valence-corrected chi connectivity index (χ3v) is 4.05. The van der Waals surface area contributed by atoms with Gasteiger partial charge in [0.1, 0.15) is 0 Å². The van der Waals surface area contributed by atoms with Crippen LogP contribution >= 0.6 is 23.2 Å². The molecule has 1 heterocycles. The van der Waals surface area contributed by atoms with Crippen molar-refractivity contribution >= 4 is 34.8 Å². The molecule has 124 valence electrons. The Labute approximate surface area is 149 Å². The van der Waals surface area contributed by atoms with E-state index in [4.69, 9.17) is 32.7 Å². The van der Waals surface area contributed by atoms with Crippen molar-refractivity contribution in [3.63, 3.8) is 0 Å². The number of benzene rings is 2. The zero-order valence-electron chi connectivity index (χ0n) is 12.8. The molecule has 0 fully saturated rings. The van der Waals surface area contributed by atoms with Crippen molar-refractivity contribution in [1.82, 2.24) is 5.43 Å². The molecular formula is C17H14Cl2N2O3. The molecule has 0 radical (unpaired) electrons. The average molecular weight is 365 g/mol. The monoisotopic (exact) mass is 364 g/mol. The normalized spacial score (nSPS) is 13.0. The molecule has 7 heteroatoms. The lowest BCUT2D eigenvalue weighted by Gasteiger charge is -2.08. The highest BCUT2D eigenvalue weighted by Gasteiger charge is 2.16. The highest BCUT2D eigenvalue weighted by Crippen LogP contribution is 2.32. The molecule has 0 atom stereocenters. The van der Waals surface area contributed by atoms with Crippen molar-refractivity contribution in [1.29, 1.82) is 0 Å².